The van der Waals surface area contributed by atoms with E-state index in [-0.39, 0.29) is 0 Å². The lowest BCUT2D eigenvalue weighted by atomic mass is 10.1. The average molecular weight is 364 g/mol. The van der Waals surface area contributed by atoms with E-state index in [2.05, 4.69) is 20.3 Å². The number of aromatic amines is 1. The van der Waals surface area contributed by atoms with Crippen LogP contribution in [0, 0.1) is 6.92 Å². The lowest BCUT2D eigenvalue weighted by Crippen LogP contribution is -2.00. The van der Waals surface area contributed by atoms with Gasteiger partial charge in [-0.2, -0.15) is 0 Å². The molecule has 0 saturated heterocycles. The van der Waals surface area contributed by atoms with Crippen molar-refractivity contribution < 1.29 is 0 Å². The van der Waals surface area contributed by atoms with Gasteiger partial charge in [-0.15, -0.1) is 11.3 Å². The molecule has 0 aliphatic heterocycles. The van der Waals surface area contributed by atoms with Gasteiger partial charge in [-0.1, -0.05) is 30.2 Å². The lowest BCUT2D eigenvalue weighted by molar-refractivity contribution is 0.695. The molecule has 3 aromatic rings. The van der Waals surface area contributed by atoms with Crippen molar-refractivity contribution in [2.45, 2.75) is 39.0 Å². The van der Waals surface area contributed by atoms with Crippen LogP contribution in [0.5, 0.6) is 0 Å². The maximum absolute atomic E-state index is 5.99. The highest BCUT2D eigenvalue weighted by molar-refractivity contribution is 7.80. The molecule has 0 unspecified atom stereocenters. The van der Waals surface area contributed by atoms with Gasteiger partial charge in [0.2, 0.25) is 0 Å². The summed E-state index contributed by atoms with van der Waals surface area (Å²) in [5.41, 5.74) is 2.97. The SMILES string of the molecule is Cc1csc(CCCCCC(=S)c2nc3ccc(Cl)cc3[nH]2)n1. The molecule has 0 radical (unpaired) electrons. The second-order valence-electron chi connectivity index (χ2n) is 5.61. The predicted molar refractivity (Wildman–Crippen MR) is 102 cm³/mol. The summed E-state index contributed by atoms with van der Waals surface area (Å²) in [5.74, 6) is 0.799. The number of benzene rings is 1. The molecule has 0 aliphatic carbocycles. The minimum absolute atomic E-state index is 0.705. The Bertz CT molecular complexity index is 822. The number of unbranched alkanes of at least 4 members (excludes halogenated alkanes) is 2. The maximum Gasteiger partial charge on any atom is 0.145 e. The Hall–Kier alpha value is -1.30. The Balaban J connectivity index is 1.46. The largest absolute Gasteiger partial charge is 0.337 e. The van der Waals surface area contributed by atoms with Crippen molar-refractivity contribution in [3.05, 3.63) is 45.1 Å². The Morgan fingerprint density at radius 3 is 2.91 bits per heavy atom. The van der Waals surface area contributed by atoms with Gasteiger partial charge in [-0.05, 0) is 50.8 Å². The van der Waals surface area contributed by atoms with E-state index in [1.165, 1.54) is 5.01 Å². The smallest absolute Gasteiger partial charge is 0.145 e. The fourth-order valence-corrected chi connectivity index (χ4v) is 3.72. The number of rotatable bonds is 7. The quantitative estimate of drug-likeness (QED) is 0.342. The topological polar surface area (TPSA) is 41.6 Å². The highest BCUT2D eigenvalue weighted by Gasteiger charge is 2.08. The fourth-order valence-electron chi connectivity index (χ4n) is 2.49. The Kier molecular flexibility index (Phi) is 5.41. The summed E-state index contributed by atoms with van der Waals surface area (Å²) in [4.78, 5) is 13.2. The van der Waals surface area contributed by atoms with E-state index < -0.39 is 0 Å². The van der Waals surface area contributed by atoms with Gasteiger partial charge in [-0.3, -0.25) is 0 Å². The van der Waals surface area contributed by atoms with Crippen LogP contribution in [0.25, 0.3) is 11.0 Å². The number of halogens is 1. The summed E-state index contributed by atoms with van der Waals surface area (Å²) in [6.07, 6.45) is 5.35. The summed E-state index contributed by atoms with van der Waals surface area (Å²) < 4.78 is 0. The first-order valence-electron chi connectivity index (χ1n) is 7.71. The first-order valence-corrected chi connectivity index (χ1v) is 9.38. The van der Waals surface area contributed by atoms with Crippen molar-refractivity contribution in [3.63, 3.8) is 0 Å². The summed E-state index contributed by atoms with van der Waals surface area (Å²) in [6.45, 7) is 2.04. The van der Waals surface area contributed by atoms with Crippen LogP contribution >= 0.6 is 35.2 Å². The minimum Gasteiger partial charge on any atom is -0.337 e. The molecule has 0 aliphatic rings. The van der Waals surface area contributed by atoms with Gasteiger partial charge in [-0.25, -0.2) is 9.97 Å². The van der Waals surface area contributed by atoms with Crippen molar-refractivity contribution in [1.82, 2.24) is 15.0 Å². The van der Waals surface area contributed by atoms with Crippen LogP contribution in [0.15, 0.2) is 23.6 Å². The number of nitrogens with zero attached hydrogens (tertiary/aromatic N) is 2. The first kappa shape index (κ1) is 16.6. The van der Waals surface area contributed by atoms with Crippen LogP contribution in [0.1, 0.15) is 42.2 Å². The van der Waals surface area contributed by atoms with Gasteiger partial charge >= 0.3 is 0 Å². The van der Waals surface area contributed by atoms with Crippen molar-refractivity contribution >= 4 is 51.1 Å². The molecule has 0 saturated carbocycles. The van der Waals surface area contributed by atoms with Gasteiger partial charge in [0.1, 0.15) is 5.82 Å². The third-order valence-corrected chi connectivity index (χ3v) is 5.33. The zero-order valence-corrected chi connectivity index (χ0v) is 15.3. The van der Waals surface area contributed by atoms with Crippen molar-refractivity contribution in [3.8, 4) is 0 Å². The van der Waals surface area contributed by atoms with E-state index in [9.17, 15) is 0 Å². The number of fused-ring (bicyclic) bond motifs is 1. The molecule has 0 amide bonds. The number of nitrogens with one attached hydrogen (secondary N) is 1. The van der Waals surface area contributed by atoms with Crippen LogP contribution in [-0.2, 0) is 6.42 Å². The molecule has 2 heterocycles. The molecule has 120 valence electrons. The molecule has 3 nitrogen and oxygen atoms in total. The zero-order chi connectivity index (χ0) is 16.2. The second kappa shape index (κ2) is 7.51. The normalized spacial score (nSPS) is 11.2. The molecule has 1 aromatic carbocycles. The maximum atomic E-state index is 5.99. The molecule has 2 aromatic heterocycles. The third kappa shape index (κ3) is 4.37. The van der Waals surface area contributed by atoms with Crippen LogP contribution < -0.4 is 0 Å². The standard InChI is InChI=1S/C17H18ClN3S2/c1-11-10-23-16(19-11)6-4-2-3-5-15(22)17-20-13-8-7-12(18)9-14(13)21-17/h7-10H,2-6H2,1H3,(H,20,21). The summed E-state index contributed by atoms with van der Waals surface area (Å²) in [6, 6.07) is 5.64. The highest BCUT2D eigenvalue weighted by Crippen LogP contribution is 2.19. The van der Waals surface area contributed by atoms with Gasteiger partial charge in [0.25, 0.3) is 0 Å². The van der Waals surface area contributed by atoms with Crippen molar-refractivity contribution in [2.75, 3.05) is 0 Å². The zero-order valence-electron chi connectivity index (χ0n) is 12.9. The van der Waals surface area contributed by atoms with Crippen LogP contribution in [0.2, 0.25) is 5.02 Å². The molecule has 0 spiro atoms. The van der Waals surface area contributed by atoms with Crippen molar-refractivity contribution in [1.29, 1.82) is 0 Å². The Morgan fingerprint density at radius 1 is 1.26 bits per heavy atom. The second-order valence-corrected chi connectivity index (χ2v) is 7.49. The first-order chi connectivity index (χ1) is 11.1. The van der Waals surface area contributed by atoms with E-state index in [4.69, 9.17) is 23.8 Å². The van der Waals surface area contributed by atoms with E-state index in [0.29, 0.717) is 5.02 Å². The van der Waals surface area contributed by atoms with Crippen LogP contribution in [-0.4, -0.2) is 19.8 Å². The number of H-pyrrole nitrogens is 1. The molecule has 0 atom stereocenters. The number of thiocarbonyl (C=S) groups is 1. The van der Waals surface area contributed by atoms with E-state index in [1.54, 1.807) is 11.3 Å². The number of thiazole rings is 1. The summed E-state index contributed by atoms with van der Waals surface area (Å²) in [5, 5.41) is 4.05. The number of aromatic nitrogens is 3. The Labute approximate surface area is 150 Å². The van der Waals surface area contributed by atoms with Crippen LogP contribution in [0.3, 0.4) is 0 Å². The van der Waals surface area contributed by atoms with Crippen LogP contribution in [0.4, 0.5) is 0 Å². The van der Waals surface area contributed by atoms with Gasteiger partial charge in [0, 0.05) is 16.1 Å². The summed E-state index contributed by atoms with van der Waals surface area (Å²) >= 11 is 13.2. The van der Waals surface area contributed by atoms with E-state index >= 15 is 0 Å². The fraction of sp³-hybridized carbons (Fsp3) is 0.353. The lowest BCUT2D eigenvalue weighted by Gasteiger charge is -2.00. The number of imidazole rings is 1. The number of hydrogen-bond donors (Lipinski definition) is 1. The van der Waals surface area contributed by atoms with Gasteiger partial charge in [0.05, 0.1) is 20.9 Å². The molecule has 23 heavy (non-hydrogen) atoms. The molecule has 0 bridgehead atoms. The molecule has 1 N–H and O–H groups in total. The average Bonchev–Trinajstić information content (AvgIpc) is 3.12. The highest BCUT2D eigenvalue weighted by atomic mass is 35.5. The number of hydrogen-bond acceptors (Lipinski definition) is 4. The monoisotopic (exact) mass is 363 g/mol. The molecule has 3 rings (SSSR count). The molecule has 6 heteroatoms. The van der Waals surface area contributed by atoms with Gasteiger partial charge in [0.15, 0.2) is 0 Å². The summed E-state index contributed by atoms with van der Waals surface area (Å²) in [7, 11) is 0. The molecule has 0 fully saturated rings. The van der Waals surface area contributed by atoms with Crippen molar-refractivity contribution in [2.24, 2.45) is 0 Å². The Morgan fingerprint density at radius 2 is 2.13 bits per heavy atom. The minimum atomic E-state index is 0.705. The molecular formula is C17H18ClN3S2. The predicted octanol–water partition coefficient (Wildman–Crippen LogP) is 5.50. The third-order valence-electron chi connectivity index (χ3n) is 3.67. The van der Waals surface area contributed by atoms with E-state index in [1.807, 2.05) is 25.1 Å². The molecular weight excluding hydrogens is 346 g/mol. The van der Waals surface area contributed by atoms with E-state index in [0.717, 1.165) is 59.5 Å². The number of aryl methyl sites for hydroxylation is 2. The van der Waals surface area contributed by atoms with Gasteiger partial charge < -0.3 is 4.98 Å².